The number of nitrogens with zero attached hydrogens (tertiary/aromatic N) is 5. The highest BCUT2D eigenvalue weighted by atomic mass is 15.6. The lowest BCUT2D eigenvalue weighted by Gasteiger charge is -2.16. The molecule has 6 heteroatoms. The van der Waals surface area contributed by atoms with Gasteiger partial charge >= 0.3 is 0 Å². The number of para-hydroxylation sites is 1. The minimum atomic E-state index is 0.461. The van der Waals surface area contributed by atoms with Crippen molar-refractivity contribution in [3.63, 3.8) is 0 Å². The third kappa shape index (κ3) is 1.65. The van der Waals surface area contributed by atoms with E-state index >= 15 is 0 Å². The molecule has 2 aromatic rings. The Labute approximate surface area is 105 Å². The van der Waals surface area contributed by atoms with Crippen molar-refractivity contribution >= 4 is 11.6 Å². The van der Waals surface area contributed by atoms with Gasteiger partial charge in [0.25, 0.3) is 0 Å². The van der Waals surface area contributed by atoms with Crippen molar-refractivity contribution in [2.75, 3.05) is 18.0 Å². The predicted molar refractivity (Wildman–Crippen MR) is 68.7 cm³/mol. The molecule has 1 atom stereocenters. The second kappa shape index (κ2) is 4.38. The molecule has 0 amide bonds. The third-order valence-corrected chi connectivity index (χ3v) is 3.42. The Balaban J connectivity index is 2.02. The van der Waals surface area contributed by atoms with Gasteiger partial charge in [-0.05, 0) is 35.0 Å². The monoisotopic (exact) mass is 244 g/mol. The molecular weight excluding hydrogens is 228 g/mol. The molecular formula is C12H16N6. The molecule has 3 rings (SSSR count). The molecule has 6 nitrogen and oxygen atoms in total. The number of fused-ring (bicyclic) bond motifs is 1. The fourth-order valence-electron chi connectivity index (χ4n) is 2.59. The first-order valence-electron chi connectivity index (χ1n) is 6.10. The Morgan fingerprint density at radius 3 is 2.94 bits per heavy atom. The van der Waals surface area contributed by atoms with Gasteiger partial charge in [0.05, 0.1) is 0 Å². The van der Waals surface area contributed by atoms with Gasteiger partial charge in [-0.3, -0.25) is 0 Å². The summed E-state index contributed by atoms with van der Waals surface area (Å²) in [6, 6.07) is 8.39. The van der Waals surface area contributed by atoms with Crippen LogP contribution in [-0.2, 0) is 7.05 Å². The van der Waals surface area contributed by atoms with Gasteiger partial charge in [0.15, 0.2) is 0 Å². The molecule has 0 fully saturated rings. The number of rotatable bonds is 3. The van der Waals surface area contributed by atoms with Crippen molar-refractivity contribution in [2.24, 2.45) is 12.8 Å². The Bertz CT molecular complexity index is 549. The van der Waals surface area contributed by atoms with Crippen molar-refractivity contribution < 1.29 is 0 Å². The summed E-state index contributed by atoms with van der Waals surface area (Å²) in [7, 11) is 1.86. The Hall–Kier alpha value is -1.95. The minimum Gasteiger partial charge on any atom is -0.330 e. The molecule has 1 unspecified atom stereocenters. The molecule has 1 aliphatic rings. The summed E-state index contributed by atoms with van der Waals surface area (Å²) in [5, 5.41) is 11.7. The fourth-order valence-corrected chi connectivity index (χ4v) is 2.59. The average molecular weight is 244 g/mol. The molecule has 1 aromatic heterocycles. The van der Waals surface area contributed by atoms with Crippen LogP contribution in [0, 0.1) is 0 Å². The topological polar surface area (TPSA) is 72.9 Å². The van der Waals surface area contributed by atoms with Crippen LogP contribution in [0.5, 0.6) is 0 Å². The van der Waals surface area contributed by atoms with E-state index < -0.39 is 0 Å². The summed E-state index contributed by atoms with van der Waals surface area (Å²) in [5.41, 5.74) is 8.22. The van der Waals surface area contributed by atoms with E-state index in [1.165, 1.54) is 11.3 Å². The lowest BCUT2D eigenvalue weighted by molar-refractivity contribution is 0.653. The number of nitrogens with two attached hydrogens (primary N) is 1. The van der Waals surface area contributed by atoms with Crippen LogP contribution < -0.4 is 10.6 Å². The van der Waals surface area contributed by atoms with Gasteiger partial charge in [0.2, 0.25) is 5.95 Å². The first-order chi connectivity index (χ1) is 8.81. The summed E-state index contributed by atoms with van der Waals surface area (Å²) in [5.74, 6) is 1.24. The predicted octanol–water partition coefficient (Wildman–Crippen LogP) is 0.794. The lowest BCUT2D eigenvalue weighted by atomic mass is 9.98. The Morgan fingerprint density at radius 1 is 1.39 bits per heavy atom. The summed E-state index contributed by atoms with van der Waals surface area (Å²) < 4.78 is 1.70. The molecule has 0 spiro atoms. The van der Waals surface area contributed by atoms with Crippen molar-refractivity contribution in [2.45, 2.75) is 12.3 Å². The summed E-state index contributed by atoms with van der Waals surface area (Å²) in [6.07, 6.45) is 0.985. The van der Waals surface area contributed by atoms with Crippen LogP contribution in [0.2, 0.25) is 0 Å². The number of hydrogen-bond donors (Lipinski definition) is 1. The van der Waals surface area contributed by atoms with Gasteiger partial charge in [-0.25, -0.2) is 4.68 Å². The van der Waals surface area contributed by atoms with Crippen molar-refractivity contribution in [3.05, 3.63) is 29.8 Å². The van der Waals surface area contributed by atoms with Crippen LogP contribution in [0.25, 0.3) is 0 Å². The van der Waals surface area contributed by atoms with Crippen LogP contribution >= 0.6 is 0 Å². The second-order valence-electron chi connectivity index (χ2n) is 4.55. The quantitative estimate of drug-likeness (QED) is 0.864. The summed E-state index contributed by atoms with van der Waals surface area (Å²) >= 11 is 0. The average Bonchev–Trinajstić information content (AvgIpc) is 2.95. The van der Waals surface area contributed by atoms with Crippen LogP contribution in [-0.4, -0.2) is 33.3 Å². The SMILES string of the molecule is Cn1nnnc1N1CC(CCN)c2ccccc21. The highest BCUT2D eigenvalue weighted by Gasteiger charge is 2.30. The van der Waals surface area contributed by atoms with Crippen LogP contribution in [0.4, 0.5) is 11.6 Å². The van der Waals surface area contributed by atoms with Gasteiger partial charge in [0.1, 0.15) is 0 Å². The standard InChI is InChI=1S/C12H16N6/c1-17-12(14-15-16-17)18-8-9(6-7-13)10-4-2-3-5-11(10)18/h2-5,9H,6-8,13H2,1H3. The van der Waals surface area contributed by atoms with Gasteiger partial charge in [-0.1, -0.05) is 23.3 Å². The van der Waals surface area contributed by atoms with E-state index in [2.05, 4.69) is 38.6 Å². The third-order valence-electron chi connectivity index (χ3n) is 3.42. The number of tetrazole rings is 1. The van der Waals surface area contributed by atoms with E-state index in [1.807, 2.05) is 13.1 Å². The van der Waals surface area contributed by atoms with Crippen molar-refractivity contribution in [1.29, 1.82) is 0 Å². The maximum Gasteiger partial charge on any atom is 0.249 e. The van der Waals surface area contributed by atoms with Gasteiger partial charge in [-0.2, -0.15) is 0 Å². The highest BCUT2D eigenvalue weighted by molar-refractivity contribution is 5.67. The fraction of sp³-hybridized carbons (Fsp3) is 0.417. The van der Waals surface area contributed by atoms with E-state index in [-0.39, 0.29) is 0 Å². The first kappa shape index (κ1) is 11.2. The Kier molecular flexibility index (Phi) is 2.71. The first-order valence-corrected chi connectivity index (χ1v) is 6.10. The van der Waals surface area contributed by atoms with E-state index in [9.17, 15) is 0 Å². The smallest absolute Gasteiger partial charge is 0.249 e. The van der Waals surface area contributed by atoms with Crippen molar-refractivity contribution in [1.82, 2.24) is 20.2 Å². The normalized spacial score (nSPS) is 18.1. The van der Waals surface area contributed by atoms with E-state index in [0.717, 1.165) is 18.9 Å². The largest absolute Gasteiger partial charge is 0.330 e. The molecule has 0 saturated carbocycles. The maximum atomic E-state index is 5.70. The van der Waals surface area contributed by atoms with E-state index in [1.54, 1.807) is 4.68 Å². The van der Waals surface area contributed by atoms with E-state index in [0.29, 0.717) is 12.5 Å². The van der Waals surface area contributed by atoms with Crippen LogP contribution in [0.15, 0.2) is 24.3 Å². The second-order valence-corrected chi connectivity index (χ2v) is 4.55. The summed E-state index contributed by atoms with van der Waals surface area (Å²) in [6.45, 7) is 1.59. The number of aromatic nitrogens is 4. The number of hydrogen-bond acceptors (Lipinski definition) is 5. The molecule has 0 bridgehead atoms. The van der Waals surface area contributed by atoms with Crippen molar-refractivity contribution in [3.8, 4) is 0 Å². The van der Waals surface area contributed by atoms with Gasteiger partial charge in [-0.15, -0.1) is 0 Å². The molecule has 18 heavy (non-hydrogen) atoms. The molecule has 0 aliphatic carbocycles. The van der Waals surface area contributed by atoms with Gasteiger partial charge in [0, 0.05) is 25.2 Å². The zero-order valence-corrected chi connectivity index (χ0v) is 10.3. The van der Waals surface area contributed by atoms with E-state index in [4.69, 9.17) is 5.73 Å². The Morgan fingerprint density at radius 2 is 2.22 bits per heavy atom. The molecule has 2 N–H and O–H groups in total. The zero-order chi connectivity index (χ0) is 12.5. The number of benzene rings is 1. The van der Waals surface area contributed by atoms with Crippen LogP contribution in [0.3, 0.4) is 0 Å². The molecule has 1 aliphatic heterocycles. The molecule has 94 valence electrons. The molecule has 0 saturated heterocycles. The lowest BCUT2D eigenvalue weighted by Crippen LogP contribution is -2.20. The number of aryl methyl sites for hydroxylation is 1. The summed E-state index contributed by atoms with van der Waals surface area (Å²) in [4.78, 5) is 2.16. The number of anilines is 2. The van der Waals surface area contributed by atoms with Crippen LogP contribution in [0.1, 0.15) is 17.9 Å². The molecule has 1 aromatic carbocycles. The van der Waals surface area contributed by atoms with Gasteiger partial charge < -0.3 is 10.6 Å². The minimum absolute atomic E-state index is 0.461. The highest BCUT2D eigenvalue weighted by Crippen LogP contribution is 2.40. The molecule has 2 heterocycles. The zero-order valence-electron chi connectivity index (χ0n) is 10.3. The maximum absolute atomic E-state index is 5.70. The molecule has 0 radical (unpaired) electrons.